The molecule has 1 amide bonds. The Hall–Kier alpha value is -3.28. The summed E-state index contributed by atoms with van der Waals surface area (Å²) in [4.78, 5) is 17.6. The van der Waals surface area contributed by atoms with Gasteiger partial charge in [0.05, 0.1) is 17.8 Å². The van der Waals surface area contributed by atoms with Crippen molar-refractivity contribution in [2.45, 2.75) is 46.6 Å². The minimum atomic E-state index is -0.411. The van der Waals surface area contributed by atoms with Gasteiger partial charge in [0.1, 0.15) is 11.9 Å². The molecule has 3 aromatic rings. The van der Waals surface area contributed by atoms with E-state index in [1.54, 1.807) is 0 Å². The average Bonchev–Trinajstić information content (AvgIpc) is 3.06. The van der Waals surface area contributed by atoms with E-state index >= 15 is 0 Å². The van der Waals surface area contributed by atoms with Crippen LogP contribution >= 0.6 is 0 Å². The molecule has 1 atom stereocenters. The quantitative estimate of drug-likeness (QED) is 0.705. The number of aromatic nitrogens is 3. The Morgan fingerprint density at radius 1 is 1.07 bits per heavy atom. The third-order valence-electron chi connectivity index (χ3n) is 5.48. The summed E-state index contributed by atoms with van der Waals surface area (Å²) in [6.45, 7) is 8.67. The van der Waals surface area contributed by atoms with E-state index in [-0.39, 0.29) is 12.3 Å². The molecule has 0 spiro atoms. The second-order valence-corrected chi connectivity index (χ2v) is 7.66. The van der Waals surface area contributed by atoms with Crippen LogP contribution in [0, 0.1) is 13.8 Å². The SMILES string of the molecule is CCNC(=O)CC1N=C(c2ccc(C)cc2)c2cc(CC)ccc2-n2c(C)nnc21. The molecule has 1 aliphatic rings. The van der Waals surface area contributed by atoms with Crippen LogP contribution in [0.25, 0.3) is 5.69 Å². The molecule has 1 aromatic heterocycles. The van der Waals surface area contributed by atoms with Gasteiger partial charge < -0.3 is 5.32 Å². The summed E-state index contributed by atoms with van der Waals surface area (Å²) in [5.74, 6) is 1.45. The highest BCUT2D eigenvalue weighted by molar-refractivity contribution is 6.15. The minimum Gasteiger partial charge on any atom is -0.356 e. The summed E-state index contributed by atoms with van der Waals surface area (Å²) in [7, 11) is 0. The van der Waals surface area contributed by atoms with Crippen LogP contribution < -0.4 is 5.32 Å². The van der Waals surface area contributed by atoms with E-state index in [1.807, 2.05) is 18.4 Å². The van der Waals surface area contributed by atoms with Crippen molar-refractivity contribution in [2.75, 3.05) is 6.54 Å². The lowest BCUT2D eigenvalue weighted by atomic mass is 9.97. The highest BCUT2D eigenvalue weighted by Crippen LogP contribution is 2.33. The number of rotatable bonds is 5. The van der Waals surface area contributed by atoms with Crippen molar-refractivity contribution in [2.24, 2.45) is 4.99 Å². The normalized spacial score (nSPS) is 15.1. The fourth-order valence-electron chi connectivity index (χ4n) is 3.89. The third kappa shape index (κ3) is 3.65. The zero-order valence-corrected chi connectivity index (χ0v) is 17.9. The molecule has 1 N–H and O–H groups in total. The molecule has 1 aliphatic heterocycles. The molecule has 154 valence electrons. The van der Waals surface area contributed by atoms with Gasteiger partial charge in [-0.2, -0.15) is 0 Å². The monoisotopic (exact) mass is 401 g/mol. The van der Waals surface area contributed by atoms with Crippen LogP contribution in [-0.2, 0) is 11.2 Å². The topological polar surface area (TPSA) is 72.2 Å². The molecule has 0 bridgehead atoms. The van der Waals surface area contributed by atoms with E-state index in [4.69, 9.17) is 4.99 Å². The van der Waals surface area contributed by atoms with Crippen LogP contribution in [0.15, 0.2) is 47.5 Å². The lowest BCUT2D eigenvalue weighted by molar-refractivity contribution is -0.121. The van der Waals surface area contributed by atoms with Crippen molar-refractivity contribution in [1.29, 1.82) is 0 Å². The summed E-state index contributed by atoms with van der Waals surface area (Å²) >= 11 is 0. The first-order chi connectivity index (χ1) is 14.5. The minimum absolute atomic E-state index is 0.0399. The van der Waals surface area contributed by atoms with Crippen LogP contribution in [-0.4, -0.2) is 32.9 Å². The zero-order valence-electron chi connectivity index (χ0n) is 17.9. The highest BCUT2D eigenvalue weighted by atomic mass is 16.1. The molecular weight excluding hydrogens is 374 g/mol. The number of aryl methyl sites for hydroxylation is 3. The third-order valence-corrected chi connectivity index (χ3v) is 5.48. The van der Waals surface area contributed by atoms with Gasteiger partial charge in [0, 0.05) is 17.7 Å². The fraction of sp³-hybridized carbons (Fsp3) is 0.333. The van der Waals surface area contributed by atoms with E-state index in [0.29, 0.717) is 12.4 Å². The summed E-state index contributed by atoms with van der Waals surface area (Å²) < 4.78 is 2.04. The number of carbonyl (C=O) groups excluding carboxylic acids is 1. The number of benzene rings is 2. The first kappa shape index (κ1) is 20.0. The lowest BCUT2D eigenvalue weighted by Gasteiger charge is -2.14. The molecule has 1 unspecified atom stereocenters. The fourth-order valence-corrected chi connectivity index (χ4v) is 3.89. The Morgan fingerprint density at radius 2 is 1.83 bits per heavy atom. The maximum atomic E-state index is 12.5. The van der Waals surface area contributed by atoms with Crippen LogP contribution in [0.5, 0.6) is 0 Å². The second kappa shape index (κ2) is 8.22. The van der Waals surface area contributed by atoms with Crippen molar-refractivity contribution in [3.63, 3.8) is 0 Å². The largest absolute Gasteiger partial charge is 0.356 e. The molecule has 0 saturated carbocycles. The summed E-state index contributed by atoms with van der Waals surface area (Å²) in [6.07, 6.45) is 1.17. The van der Waals surface area contributed by atoms with Gasteiger partial charge in [0.15, 0.2) is 5.82 Å². The number of nitrogens with one attached hydrogen (secondary N) is 1. The van der Waals surface area contributed by atoms with E-state index < -0.39 is 6.04 Å². The van der Waals surface area contributed by atoms with Crippen molar-refractivity contribution < 1.29 is 4.79 Å². The summed E-state index contributed by atoms with van der Waals surface area (Å²) in [5, 5.41) is 11.6. The molecule has 6 nitrogen and oxygen atoms in total. The van der Waals surface area contributed by atoms with E-state index in [9.17, 15) is 4.79 Å². The zero-order chi connectivity index (χ0) is 21.3. The number of hydrogen-bond acceptors (Lipinski definition) is 4. The van der Waals surface area contributed by atoms with Gasteiger partial charge in [-0.05, 0) is 44.9 Å². The van der Waals surface area contributed by atoms with Crippen molar-refractivity contribution in [1.82, 2.24) is 20.1 Å². The maximum absolute atomic E-state index is 12.5. The number of nitrogens with zero attached hydrogens (tertiary/aromatic N) is 4. The molecule has 0 saturated heterocycles. The standard InChI is InChI=1S/C24H27N5O/c1-5-17-9-12-21-19(13-17)23(18-10-7-15(3)8-11-18)26-20(14-22(30)25-6-2)24-28-27-16(4)29(21)24/h7-13,20H,5-6,14H2,1-4H3,(H,25,30). The van der Waals surface area contributed by atoms with Gasteiger partial charge in [0.2, 0.25) is 5.91 Å². The Bertz CT molecular complexity index is 1110. The maximum Gasteiger partial charge on any atom is 0.222 e. The molecular formula is C24H27N5O. The number of fused-ring (bicyclic) bond motifs is 3. The Balaban J connectivity index is 1.96. The van der Waals surface area contributed by atoms with Crippen molar-refractivity contribution >= 4 is 11.6 Å². The van der Waals surface area contributed by atoms with Crippen LogP contribution in [0.4, 0.5) is 0 Å². The molecule has 30 heavy (non-hydrogen) atoms. The van der Waals surface area contributed by atoms with E-state index in [0.717, 1.165) is 34.8 Å². The van der Waals surface area contributed by atoms with E-state index in [2.05, 4.69) is 71.8 Å². The van der Waals surface area contributed by atoms with Crippen LogP contribution in [0.1, 0.15) is 60.2 Å². The van der Waals surface area contributed by atoms with Crippen molar-refractivity contribution in [3.05, 3.63) is 76.4 Å². The van der Waals surface area contributed by atoms with Crippen LogP contribution in [0.2, 0.25) is 0 Å². The Kier molecular flexibility index (Phi) is 5.48. The number of carbonyl (C=O) groups is 1. The highest BCUT2D eigenvalue weighted by Gasteiger charge is 2.29. The first-order valence-electron chi connectivity index (χ1n) is 10.5. The second-order valence-electron chi connectivity index (χ2n) is 7.66. The molecule has 6 heteroatoms. The molecule has 2 aromatic carbocycles. The lowest BCUT2D eigenvalue weighted by Crippen LogP contribution is -2.25. The average molecular weight is 402 g/mol. The molecule has 0 fully saturated rings. The number of amides is 1. The smallest absolute Gasteiger partial charge is 0.222 e. The van der Waals surface area contributed by atoms with Gasteiger partial charge in [0.25, 0.3) is 0 Å². The Labute approximate surface area is 177 Å². The van der Waals surface area contributed by atoms with Gasteiger partial charge in [-0.3, -0.25) is 14.4 Å². The van der Waals surface area contributed by atoms with Crippen LogP contribution in [0.3, 0.4) is 0 Å². The van der Waals surface area contributed by atoms with Gasteiger partial charge in [-0.25, -0.2) is 0 Å². The number of aliphatic imine (C=N–C) groups is 1. The number of hydrogen-bond donors (Lipinski definition) is 1. The molecule has 0 radical (unpaired) electrons. The first-order valence-corrected chi connectivity index (χ1v) is 10.5. The molecule has 0 aliphatic carbocycles. The predicted molar refractivity (Wildman–Crippen MR) is 118 cm³/mol. The van der Waals surface area contributed by atoms with Gasteiger partial charge in [-0.15, -0.1) is 10.2 Å². The Morgan fingerprint density at radius 3 is 2.53 bits per heavy atom. The summed E-state index contributed by atoms with van der Waals surface area (Å²) in [6, 6.07) is 14.4. The molecule has 4 rings (SSSR count). The van der Waals surface area contributed by atoms with Crippen molar-refractivity contribution in [3.8, 4) is 5.69 Å². The van der Waals surface area contributed by atoms with Gasteiger partial charge >= 0.3 is 0 Å². The molecule has 2 heterocycles. The van der Waals surface area contributed by atoms with E-state index in [1.165, 1.54) is 11.1 Å². The van der Waals surface area contributed by atoms with Gasteiger partial charge in [-0.1, -0.05) is 42.8 Å². The predicted octanol–water partition coefficient (Wildman–Crippen LogP) is 3.86. The summed E-state index contributed by atoms with van der Waals surface area (Å²) in [5.41, 5.74) is 6.40.